The van der Waals surface area contributed by atoms with Crippen molar-refractivity contribution in [1.82, 2.24) is 5.32 Å². The lowest BCUT2D eigenvalue weighted by Gasteiger charge is -2.02. The van der Waals surface area contributed by atoms with Gasteiger partial charge in [-0.1, -0.05) is 0 Å². The summed E-state index contributed by atoms with van der Waals surface area (Å²) in [5.41, 5.74) is -1.22. The maximum absolute atomic E-state index is 13.2. The Labute approximate surface area is 83.5 Å². The van der Waals surface area contributed by atoms with E-state index in [9.17, 15) is 19.3 Å². The first-order valence-corrected chi connectivity index (χ1v) is 3.86. The maximum Gasteiger partial charge on any atom is 0.313 e. The molecule has 7 heteroatoms. The highest BCUT2D eigenvalue weighted by Crippen LogP contribution is 2.28. The van der Waals surface area contributed by atoms with Crippen molar-refractivity contribution in [2.75, 3.05) is 7.05 Å². The predicted molar refractivity (Wildman–Crippen MR) is 48.1 cm³/mol. The van der Waals surface area contributed by atoms with E-state index in [0.29, 0.717) is 12.1 Å². The zero-order valence-corrected chi connectivity index (χ0v) is 7.65. The molecule has 15 heavy (non-hydrogen) atoms. The monoisotopic (exact) mass is 214 g/mol. The molecule has 0 fully saturated rings. The Morgan fingerprint density at radius 1 is 1.60 bits per heavy atom. The number of rotatable bonds is 2. The minimum Gasteiger partial charge on any atom is -0.502 e. The molecule has 0 bridgehead atoms. The third-order valence-electron chi connectivity index (χ3n) is 1.73. The molecule has 0 heterocycles. The quantitative estimate of drug-likeness (QED) is 0.562. The first-order chi connectivity index (χ1) is 6.97. The molecule has 6 nitrogen and oxygen atoms in total. The molecular weight excluding hydrogens is 207 g/mol. The van der Waals surface area contributed by atoms with E-state index in [1.807, 2.05) is 0 Å². The fourth-order valence-corrected chi connectivity index (χ4v) is 1.01. The average Bonchev–Trinajstić information content (AvgIpc) is 2.19. The lowest BCUT2D eigenvalue weighted by atomic mass is 10.1. The number of nitrogens with zero attached hydrogens (tertiary/aromatic N) is 1. The molecule has 80 valence electrons. The van der Waals surface area contributed by atoms with E-state index in [-0.39, 0.29) is 0 Å². The van der Waals surface area contributed by atoms with E-state index in [0.717, 1.165) is 0 Å². The summed E-state index contributed by atoms with van der Waals surface area (Å²) in [5, 5.41) is 21.6. The molecule has 0 saturated heterocycles. The highest BCUT2D eigenvalue weighted by Gasteiger charge is 2.20. The zero-order valence-electron chi connectivity index (χ0n) is 7.65. The Morgan fingerprint density at radius 3 is 2.67 bits per heavy atom. The first kappa shape index (κ1) is 10.9. The Bertz CT molecular complexity index is 433. The van der Waals surface area contributed by atoms with E-state index < -0.39 is 33.6 Å². The predicted octanol–water partition coefficient (Wildman–Crippen LogP) is 0.799. The van der Waals surface area contributed by atoms with Crippen molar-refractivity contribution in [3.05, 3.63) is 33.6 Å². The van der Waals surface area contributed by atoms with Gasteiger partial charge in [-0.3, -0.25) is 14.9 Å². The molecule has 1 aromatic carbocycles. The number of nitro benzene ring substituents is 1. The van der Waals surface area contributed by atoms with Crippen LogP contribution in [0.5, 0.6) is 5.75 Å². The standard InChI is InChI=1S/C8H7FN2O4/c1-10-8(13)4-2-7(12)6(11(14)15)3-5(4)9/h2-3,12H,1H3,(H,10,13). The van der Waals surface area contributed by atoms with Crippen LogP contribution in [0.3, 0.4) is 0 Å². The molecule has 0 unspecified atom stereocenters. The van der Waals surface area contributed by atoms with Gasteiger partial charge in [0.25, 0.3) is 5.91 Å². The van der Waals surface area contributed by atoms with E-state index in [1.165, 1.54) is 7.05 Å². The third kappa shape index (κ3) is 2.01. The van der Waals surface area contributed by atoms with Crippen LogP contribution in [0.1, 0.15) is 10.4 Å². The molecule has 1 aromatic rings. The third-order valence-corrected chi connectivity index (χ3v) is 1.73. The number of hydrogen-bond donors (Lipinski definition) is 2. The lowest BCUT2D eigenvalue weighted by Crippen LogP contribution is -2.19. The second-order valence-corrected chi connectivity index (χ2v) is 2.66. The van der Waals surface area contributed by atoms with Crippen molar-refractivity contribution in [2.45, 2.75) is 0 Å². The van der Waals surface area contributed by atoms with Gasteiger partial charge in [-0.2, -0.15) is 0 Å². The van der Waals surface area contributed by atoms with Crippen LogP contribution in [0.4, 0.5) is 10.1 Å². The van der Waals surface area contributed by atoms with Crippen molar-refractivity contribution in [1.29, 1.82) is 0 Å². The summed E-state index contributed by atoms with van der Waals surface area (Å²) >= 11 is 0. The molecule has 1 amide bonds. The summed E-state index contributed by atoms with van der Waals surface area (Å²) in [5.74, 6) is -2.57. The van der Waals surface area contributed by atoms with Crippen molar-refractivity contribution < 1.29 is 19.2 Å². The number of nitrogens with one attached hydrogen (secondary N) is 1. The smallest absolute Gasteiger partial charge is 0.313 e. The summed E-state index contributed by atoms with van der Waals surface area (Å²) < 4.78 is 13.2. The van der Waals surface area contributed by atoms with Crippen LogP contribution in [-0.2, 0) is 0 Å². The Morgan fingerprint density at radius 2 is 2.20 bits per heavy atom. The Balaban J connectivity index is 3.31. The van der Waals surface area contributed by atoms with Crippen LogP contribution in [0.25, 0.3) is 0 Å². The van der Waals surface area contributed by atoms with Crippen LogP contribution >= 0.6 is 0 Å². The number of hydrogen-bond acceptors (Lipinski definition) is 4. The molecule has 2 N–H and O–H groups in total. The van der Waals surface area contributed by atoms with Crippen LogP contribution in [0, 0.1) is 15.9 Å². The fraction of sp³-hybridized carbons (Fsp3) is 0.125. The molecule has 0 aliphatic heterocycles. The fourth-order valence-electron chi connectivity index (χ4n) is 1.01. The van der Waals surface area contributed by atoms with Crippen molar-refractivity contribution in [3.63, 3.8) is 0 Å². The molecule has 0 aliphatic rings. The topological polar surface area (TPSA) is 92.5 Å². The van der Waals surface area contributed by atoms with Crippen molar-refractivity contribution >= 4 is 11.6 Å². The van der Waals surface area contributed by atoms with Gasteiger partial charge in [0.1, 0.15) is 5.82 Å². The number of amides is 1. The molecule has 0 spiro atoms. The SMILES string of the molecule is CNC(=O)c1cc(O)c([N+](=O)[O-])cc1F. The first-order valence-electron chi connectivity index (χ1n) is 3.86. The van der Waals surface area contributed by atoms with Gasteiger partial charge in [0.2, 0.25) is 0 Å². The molecule has 0 atom stereocenters. The number of carbonyl (C=O) groups is 1. The molecule has 0 aliphatic carbocycles. The molecule has 1 rings (SSSR count). The highest BCUT2D eigenvalue weighted by atomic mass is 19.1. The second-order valence-electron chi connectivity index (χ2n) is 2.66. The van der Waals surface area contributed by atoms with E-state index in [1.54, 1.807) is 0 Å². The number of aromatic hydroxyl groups is 1. The number of benzene rings is 1. The minimum absolute atomic E-state index is 0.444. The Hall–Kier alpha value is -2.18. The van der Waals surface area contributed by atoms with Gasteiger partial charge in [-0.15, -0.1) is 0 Å². The van der Waals surface area contributed by atoms with E-state index in [4.69, 9.17) is 5.11 Å². The lowest BCUT2D eigenvalue weighted by molar-refractivity contribution is -0.386. The van der Waals surface area contributed by atoms with Gasteiger partial charge >= 0.3 is 5.69 Å². The summed E-state index contributed by atoms with van der Waals surface area (Å²) in [6, 6.07) is 1.21. The van der Waals surface area contributed by atoms with E-state index >= 15 is 0 Å². The molecule has 0 aromatic heterocycles. The van der Waals surface area contributed by atoms with Crippen LogP contribution in [-0.4, -0.2) is 23.0 Å². The summed E-state index contributed by atoms with van der Waals surface area (Å²) in [6.45, 7) is 0. The van der Waals surface area contributed by atoms with Crippen LogP contribution < -0.4 is 5.32 Å². The number of carbonyl (C=O) groups excluding carboxylic acids is 1. The van der Waals surface area contributed by atoms with Gasteiger partial charge in [0.05, 0.1) is 16.6 Å². The molecule has 0 radical (unpaired) electrons. The van der Waals surface area contributed by atoms with Gasteiger partial charge in [-0.25, -0.2) is 4.39 Å². The highest BCUT2D eigenvalue weighted by molar-refractivity contribution is 5.95. The number of halogens is 1. The average molecular weight is 214 g/mol. The largest absolute Gasteiger partial charge is 0.502 e. The van der Waals surface area contributed by atoms with Crippen LogP contribution in [0.15, 0.2) is 12.1 Å². The van der Waals surface area contributed by atoms with Crippen LogP contribution in [0.2, 0.25) is 0 Å². The van der Waals surface area contributed by atoms with Gasteiger partial charge in [0, 0.05) is 13.1 Å². The summed E-state index contributed by atoms with van der Waals surface area (Å²) in [6.07, 6.45) is 0. The normalized spacial score (nSPS) is 9.73. The van der Waals surface area contributed by atoms with Crippen molar-refractivity contribution in [3.8, 4) is 5.75 Å². The number of phenols is 1. The Kier molecular flexibility index (Phi) is 2.84. The number of nitro groups is 1. The van der Waals surface area contributed by atoms with Gasteiger partial charge < -0.3 is 10.4 Å². The zero-order chi connectivity index (χ0) is 11.6. The van der Waals surface area contributed by atoms with E-state index in [2.05, 4.69) is 5.32 Å². The van der Waals surface area contributed by atoms with Gasteiger partial charge in [-0.05, 0) is 0 Å². The summed E-state index contributed by atoms with van der Waals surface area (Å²) in [7, 11) is 1.28. The molecular formula is C8H7FN2O4. The number of phenolic OH excluding ortho intramolecular Hbond substituents is 1. The summed E-state index contributed by atoms with van der Waals surface area (Å²) in [4.78, 5) is 20.4. The maximum atomic E-state index is 13.2. The minimum atomic E-state index is -1.06. The van der Waals surface area contributed by atoms with Gasteiger partial charge in [0.15, 0.2) is 5.75 Å². The molecule has 0 saturated carbocycles. The second kappa shape index (κ2) is 3.91. The van der Waals surface area contributed by atoms with Crippen molar-refractivity contribution in [2.24, 2.45) is 0 Å².